The van der Waals surface area contributed by atoms with Crippen molar-refractivity contribution in [1.82, 2.24) is 5.32 Å². The molecule has 1 N–H and O–H groups in total. The standard InChI is InChI=1S/C29H37N2O3/c32-26(22-10-4-1-5-11-22)20-31-18-16-23(17-19-31)27(21-31)34-29(33)28(24-12-6-2-7-13-24)30-25-14-8-3-9-15-25/h1-2,4-7,10-13,23,25,27-28,30H,3,8-9,14-21H2/q+1/t23?,27-,28?,31?/m0/s1. The molecule has 180 valence electrons. The zero-order chi connectivity index (χ0) is 23.4. The van der Waals surface area contributed by atoms with Crippen LogP contribution in [0.15, 0.2) is 60.7 Å². The van der Waals surface area contributed by atoms with Crippen LogP contribution in [0.1, 0.15) is 66.9 Å². The van der Waals surface area contributed by atoms with Crippen LogP contribution in [0.3, 0.4) is 0 Å². The van der Waals surface area contributed by atoms with Gasteiger partial charge in [-0.05, 0) is 18.4 Å². The van der Waals surface area contributed by atoms with Gasteiger partial charge in [0.1, 0.15) is 19.1 Å². The summed E-state index contributed by atoms with van der Waals surface area (Å²) in [6.07, 6.45) is 7.87. The van der Waals surface area contributed by atoms with Crippen LogP contribution < -0.4 is 5.32 Å². The number of carbonyl (C=O) groups is 2. The van der Waals surface area contributed by atoms with E-state index in [1.54, 1.807) is 0 Å². The molecule has 0 aromatic heterocycles. The Morgan fingerprint density at radius 1 is 0.882 bits per heavy atom. The smallest absolute Gasteiger partial charge is 0.328 e. The lowest BCUT2D eigenvalue weighted by molar-refractivity contribution is -0.938. The number of ketones is 1. The molecule has 34 heavy (non-hydrogen) atoms. The lowest BCUT2D eigenvalue weighted by atomic mass is 9.82. The average molecular weight is 462 g/mol. The number of piperidine rings is 3. The molecule has 3 aliphatic heterocycles. The molecule has 5 nitrogen and oxygen atoms in total. The first-order valence-corrected chi connectivity index (χ1v) is 13.1. The first kappa shape index (κ1) is 23.3. The van der Waals surface area contributed by atoms with Gasteiger partial charge in [-0.3, -0.25) is 10.1 Å². The predicted octanol–water partition coefficient (Wildman–Crippen LogP) is 4.69. The van der Waals surface area contributed by atoms with Gasteiger partial charge in [-0.1, -0.05) is 79.9 Å². The molecule has 6 rings (SSSR count). The first-order valence-electron chi connectivity index (χ1n) is 13.1. The number of benzene rings is 2. The second-order valence-corrected chi connectivity index (χ2v) is 10.6. The van der Waals surface area contributed by atoms with Gasteiger partial charge in [0.2, 0.25) is 5.78 Å². The van der Waals surface area contributed by atoms with Crippen LogP contribution in [0, 0.1) is 5.92 Å². The Hall–Kier alpha value is -2.50. The summed E-state index contributed by atoms with van der Waals surface area (Å²) >= 11 is 0. The van der Waals surface area contributed by atoms with E-state index in [4.69, 9.17) is 4.74 Å². The minimum atomic E-state index is -0.431. The normalized spacial score (nSPS) is 27.8. The molecular formula is C29H37N2O3+. The number of nitrogens with zero attached hydrogens (tertiary/aromatic N) is 1. The summed E-state index contributed by atoms with van der Waals surface area (Å²) in [7, 11) is 0. The lowest BCUT2D eigenvalue weighted by Gasteiger charge is -2.51. The largest absolute Gasteiger partial charge is 0.455 e. The van der Waals surface area contributed by atoms with Crippen molar-refractivity contribution < 1.29 is 18.8 Å². The second-order valence-electron chi connectivity index (χ2n) is 10.6. The van der Waals surface area contributed by atoms with Gasteiger partial charge in [0, 0.05) is 30.4 Å². The van der Waals surface area contributed by atoms with Gasteiger partial charge >= 0.3 is 5.97 Å². The van der Waals surface area contributed by atoms with Gasteiger partial charge in [-0.15, -0.1) is 0 Å². The van der Waals surface area contributed by atoms with Crippen molar-refractivity contribution in [1.29, 1.82) is 0 Å². The first-order chi connectivity index (χ1) is 16.6. The third-order valence-electron chi connectivity index (χ3n) is 8.26. The number of Topliss-reactive ketones (excluding diaryl/α,β-unsaturated/α-hetero) is 1. The van der Waals surface area contributed by atoms with Crippen molar-refractivity contribution in [2.75, 3.05) is 26.2 Å². The van der Waals surface area contributed by atoms with Crippen LogP contribution in [0.5, 0.6) is 0 Å². The summed E-state index contributed by atoms with van der Waals surface area (Å²) in [5.41, 5.74) is 1.75. The van der Waals surface area contributed by atoms with Gasteiger partial charge in [0.25, 0.3) is 0 Å². The zero-order valence-corrected chi connectivity index (χ0v) is 20.0. The van der Waals surface area contributed by atoms with E-state index in [-0.39, 0.29) is 17.9 Å². The van der Waals surface area contributed by atoms with Crippen LogP contribution in [-0.4, -0.2) is 54.6 Å². The van der Waals surface area contributed by atoms with Gasteiger partial charge in [-0.2, -0.15) is 0 Å². The molecule has 2 aromatic rings. The molecule has 1 unspecified atom stereocenters. The molecule has 1 aliphatic carbocycles. The van der Waals surface area contributed by atoms with Crippen molar-refractivity contribution in [2.45, 2.75) is 63.1 Å². The molecular weight excluding hydrogens is 424 g/mol. The molecule has 0 spiro atoms. The van der Waals surface area contributed by atoms with E-state index in [9.17, 15) is 9.59 Å². The lowest BCUT2D eigenvalue weighted by Crippen LogP contribution is -2.66. The van der Waals surface area contributed by atoms with Gasteiger partial charge < -0.3 is 9.22 Å². The van der Waals surface area contributed by atoms with Crippen molar-refractivity contribution in [3.63, 3.8) is 0 Å². The maximum absolute atomic E-state index is 13.6. The van der Waals surface area contributed by atoms with E-state index in [1.165, 1.54) is 19.3 Å². The Bertz CT molecular complexity index is 963. The topological polar surface area (TPSA) is 55.4 Å². The van der Waals surface area contributed by atoms with E-state index >= 15 is 0 Å². The fourth-order valence-corrected chi connectivity index (χ4v) is 6.26. The number of nitrogens with one attached hydrogen (secondary N) is 1. The fourth-order valence-electron chi connectivity index (χ4n) is 6.26. The zero-order valence-electron chi connectivity index (χ0n) is 20.0. The van der Waals surface area contributed by atoms with Crippen molar-refractivity contribution in [3.8, 4) is 0 Å². The van der Waals surface area contributed by atoms with Gasteiger partial charge in [-0.25, -0.2) is 4.79 Å². The number of esters is 1. The highest BCUT2D eigenvalue weighted by Crippen LogP contribution is 2.36. The van der Waals surface area contributed by atoms with Crippen LogP contribution in [0.25, 0.3) is 0 Å². The third kappa shape index (κ3) is 5.26. The van der Waals surface area contributed by atoms with Crippen LogP contribution >= 0.6 is 0 Å². The molecule has 4 aliphatic rings. The SMILES string of the molecule is O=C(C[N+]12CCC(CC1)[C@@H](OC(=O)C(NC1CCCCC1)c1ccccc1)C2)c1ccccc1. The molecule has 0 radical (unpaired) electrons. The Labute approximate surface area is 203 Å². The second kappa shape index (κ2) is 10.4. The Morgan fingerprint density at radius 3 is 2.21 bits per heavy atom. The number of ether oxygens (including phenoxy) is 1. The van der Waals surface area contributed by atoms with E-state index in [0.29, 0.717) is 18.5 Å². The van der Waals surface area contributed by atoms with Crippen molar-refractivity contribution in [2.24, 2.45) is 5.92 Å². The average Bonchev–Trinajstić information content (AvgIpc) is 2.89. The Kier molecular flexibility index (Phi) is 7.12. The van der Waals surface area contributed by atoms with Crippen LogP contribution in [-0.2, 0) is 9.53 Å². The molecule has 2 atom stereocenters. The van der Waals surface area contributed by atoms with E-state index in [2.05, 4.69) is 5.32 Å². The molecule has 0 amide bonds. The summed E-state index contributed by atoms with van der Waals surface area (Å²) < 4.78 is 7.01. The molecule has 2 bridgehead atoms. The number of rotatable bonds is 8. The summed E-state index contributed by atoms with van der Waals surface area (Å²) in [6.45, 7) is 3.24. The predicted molar refractivity (Wildman–Crippen MR) is 132 cm³/mol. The quantitative estimate of drug-likeness (QED) is 0.352. The Morgan fingerprint density at radius 2 is 1.53 bits per heavy atom. The van der Waals surface area contributed by atoms with Crippen molar-refractivity contribution >= 4 is 11.8 Å². The van der Waals surface area contributed by atoms with E-state index < -0.39 is 6.04 Å². The maximum atomic E-state index is 13.6. The summed E-state index contributed by atoms with van der Waals surface area (Å²) in [6, 6.07) is 19.5. The van der Waals surface area contributed by atoms with E-state index in [0.717, 1.165) is 60.9 Å². The molecule has 2 aromatic carbocycles. The number of carbonyl (C=O) groups excluding carboxylic acids is 2. The summed E-state index contributed by atoms with van der Waals surface area (Å²) in [4.78, 5) is 26.6. The van der Waals surface area contributed by atoms with Crippen LogP contribution in [0.4, 0.5) is 0 Å². The van der Waals surface area contributed by atoms with Crippen molar-refractivity contribution in [3.05, 3.63) is 71.8 Å². The Balaban J connectivity index is 1.28. The van der Waals surface area contributed by atoms with Gasteiger partial charge in [0.15, 0.2) is 6.10 Å². The third-order valence-corrected chi connectivity index (χ3v) is 8.26. The molecule has 1 saturated carbocycles. The molecule has 4 fully saturated rings. The fraction of sp³-hybridized carbons (Fsp3) is 0.517. The number of fused-ring (bicyclic) bond motifs is 3. The monoisotopic (exact) mass is 461 g/mol. The van der Waals surface area contributed by atoms with E-state index in [1.807, 2.05) is 60.7 Å². The molecule has 3 heterocycles. The highest BCUT2D eigenvalue weighted by molar-refractivity contribution is 5.97. The summed E-state index contributed by atoms with van der Waals surface area (Å²) in [5, 5.41) is 3.64. The number of hydrogen-bond donors (Lipinski definition) is 1. The highest BCUT2D eigenvalue weighted by atomic mass is 16.5. The highest BCUT2D eigenvalue weighted by Gasteiger charge is 2.49. The molecule has 5 heteroatoms. The number of hydrogen-bond acceptors (Lipinski definition) is 4. The molecule has 3 saturated heterocycles. The summed E-state index contributed by atoms with van der Waals surface area (Å²) in [5.74, 6) is 0.428. The van der Waals surface area contributed by atoms with Gasteiger partial charge in [0.05, 0.1) is 13.1 Å². The minimum absolute atomic E-state index is 0.113. The number of quaternary nitrogens is 1. The van der Waals surface area contributed by atoms with Crippen LogP contribution in [0.2, 0.25) is 0 Å². The maximum Gasteiger partial charge on any atom is 0.328 e. The minimum Gasteiger partial charge on any atom is -0.455 e.